The summed E-state index contributed by atoms with van der Waals surface area (Å²) in [6, 6.07) is 77.5. The fourth-order valence-corrected chi connectivity index (χ4v) is 10.1. The molecule has 0 unspecified atom stereocenters. The van der Waals surface area contributed by atoms with E-state index in [9.17, 15) is 0 Å². The van der Waals surface area contributed by atoms with Gasteiger partial charge in [0.05, 0.1) is 15.8 Å². The van der Waals surface area contributed by atoms with Gasteiger partial charge < -0.3 is 0 Å². The van der Waals surface area contributed by atoms with Crippen LogP contribution >= 0.6 is 30.1 Å². The van der Waals surface area contributed by atoms with Gasteiger partial charge >= 0.3 is 27.9 Å². The second kappa shape index (κ2) is 21.2. The van der Waals surface area contributed by atoms with Gasteiger partial charge in [-0.1, -0.05) is 109 Å². The fourth-order valence-electron chi connectivity index (χ4n) is 4.97. The molecule has 0 spiro atoms. The normalized spacial score (nSPS) is 9.93. The summed E-state index contributed by atoms with van der Waals surface area (Å²) in [5.41, 5.74) is 0. The van der Waals surface area contributed by atoms with Gasteiger partial charge in [-0.25, -0.2) is 0 Å². The second-order valence-electron chi connectivity index (χ2n) is 10.0. The van der Waals surface area contributed by atoms with Crippen LogP contribution in [-0.4, -0.2) is 0 Å². The van der Waals surface area contributed by atoms with Crippen molar-refractivity contribution in [3.05, 3.63) is 218 Å². The molecule has 0 fully saturated rings. The van der Waals surface area contributed by atoms with Crippen LogP contribution < -0.4 is 31.8 Å². The van der Waals surface area contributed by atoms with Gasteiger partial charge in [0.1, 0.15) is 31.8 Å². The van der Waals surface area contributed by atoms with Crippen LogP contribution in [0.4, 0.5) is 0 Å². The minimum Gasteiger partial charge on any atom is -0.184 e. The third-order valence-electron chi connectivity index (χ3n) is 6.98. The van der Waals surface area contributed by atoms with Crippen LogP contribution in [0.3, 0.4) is 0 Å². The average Bonchev–Trinajstić information content (AvgIpc) is 3.17. The third kappa shape index (κ3) is 11.3. The van der Waals surface area contributed by atoms with Gasteiger partial charge in [-0.05, 0) is 72.8 Å². The van der Waals surface area contributed by atoms with E-state index in [-0.39, 0.29) is 0 Å². The molecule has 0 saturated carbocycles. The summed E-state index contributed by atoms with van der Waals surface area (Å²) in [6.45, 7) is 0. The SMILES string of the molecule is [Ni][Br].[c-]1ccccc1.c1ccc([PH+](c2ccccc2)c2ccccc2)cc1.c1ccc([PH+](c2ccccc2)c2ccccc2)cc1. The maximum Gasteiger partial charge on any atom is 0.102 e. The Balaban J connectivity index is 0.000000169. The third-order valence-corrected chi connectivity index (χ3v) is 12.4. The molecule has 7 aromatic carbocycles. The van der Waals surface area contributed by atoms with E-state index in [4.69, 9.17) is 0 Å². The zero-order chi connectivity index (χ0) is 32.1. The van der Waals surface area contributed by atoms with E-state index in [1.165, 1.54) is 31.8 Å². The van der Waals surface area contributed by atoms with E-state index < -0.39 is 15.8 Å². The van der Waals surface area contributed by atoms with Crippen molar-refractivity contribution in [2.75, 3.05) is 0 Å². The quantitative estimate of drug-likeness (QED) is 0.0910. The van der Waals surface area contributed by atoms with Crippen molar-refractivity contribution in [2.45, 2.75) is 0 Å². The minimum atomic E-state index is -0.877. The number of hydrogen-bond acceptors (Lipinski definition) is 0. The molecular formula is C42H37BrNiP2+. The number of benzene rings is 7. The van der Waals surface area contributed by atoms with Gasteiger partial charge in [-0.15, -0.1) is 0 Å². The van der Waals surface area contributed by atoms with Crippen molar-refractivity contribution in [1.29, 1.82) is 0 Å². The first-order valence-electron chi connectivity index (χ1n) is 15.0. The zero-order valence-electron chi connectivity index (χ0n) is 25.4. The summed E-state index contributed by atoms with van der Waals surface area (Å²) >= 11 is 6.25. The number of halogens is 1. The van der Waals surface area contributed by atoms with Crippen LogP contribution in [0.5, 0.6) is 0 Å². The van der Waals surface area contributed by atoms with E-state index in [1.54, 1.807) is 0 Å². The van der Waals surface area contributed by atoms with Gasteiger partial charge in [-0.2, -0.15) is 36.4 Å². The molecular weight excluding hydrogens is 705 g/mol. The van der Waals surface area contributed by atoms with Gasteiger partial charge in [0.2, 0.25) is 0 Å². The molecule has 0 aliphatic heterocycles. The first kappa shape index (κ1) is 35.2. The molecule has 46 heavy (non-hydrogen) atoms. The van der Waals surface area contributed by atoms with Crippen molar-refractivity contribution >= 4 is 61.9 Å². The van der Waals surface area contributed by atoms with E-state index in [2.05, 4.69) is 216 Å². The van der Waals surface area contributed by atoms with E-state index in [1.807, 2.05) is 30.3 Å². The molecule has 231 valence electrons. The monoisotopic (exact) mass is 740 g/mol. The van der Waals surface area contributed by atoms with Crippen molar-refractivity contribution in [2.24, 2.45) is 0 Å². The summed E-state index contributed by atoms with van der Waals surface area (Å²) in [4.78, 5) is 0. The fraction of sp³-hybridized carbons (Fsp3) is 0. The summed E-state index contributed by atoms with van der Waals surface area (Å²) in [6.07, 6.45) is 0. The molecule has 0 aromatic heterocycles. The molecule has 7 rings (SSSR count). The van der Waals surface area contributed by atoms with E-state index >= 15 is 0 Å². The van der Waals surface area contributed by atoms with Crippen LogP contribution in [0.25, 0.3) is 0 Å². The Labute approximate surface area is 292 Å². The summed E-state index contributed by atoms with van der Waals surface area (Å²) in [5.74, 6) is 0. The predicted molar refractivity (Wildman–Crippen MR) is 207 cm³/mol. The molecule has 0 aliphatic rings. The standard InChI is InChI=1S/2C18H15P.C6H5.BrH.Ni/c2*1-4-10-16(11-5-1)19(17-12-6-2-7-13-17)18-14-8-3-9-15-18;1-2-4-6-5-3-1;;/h2*1-15H;1-5H;1H;/q;;-1;;+1/p+1. The average molecular weight is 742 g/mol. The van der Waals surface area contributed by atoms with Crippen LogP contribution in [0, 0.1) is 6.07 Å². The van der Waals surface area contributed by atoms with E-state index in [0.29, 0.717) is 0 Å². The Hall–Kier alpha value is -3.63. The van der Waals surface area contributed by atoms with Crippen molar-refractivity contribution in [3.8, 4) is 0 Å². The summed E-state index contributed by atoms with van der Waals surface area (Å²) in [7, 11) is -1.75. The first-order valence-corrected chi connectivity index (χ1v) is 20.4. The maximum absolute atomic E-state index is 3.69. The smallest absolute Gasteiger partial charge is 0.102 e. The first-order chi connectivity index (χ1) is 22.9. The summed E-state index contributed by atoms with van der Waals surface area (Å²) < 4.78 is 0. The molecule has 0 aliphatic carbocycles. The molecule has 0 radical (unpaired) electrons. The van der Waals surface area contributed by atoms with E-state index in [0.717, 1.165) is 0 Å². The van der Waals surface area contributed by atoms with Crippen LogP contribution in [-0.2, 0) is 13.7 Å². The number of rotatable bonds is 6. The largest absolute Gasteiger partial charge is 0.184 e. The van der Waals surface area contributed by atoms with Gasteiger partial charge in [0, 0.05) is 0 Å². The molecule has 0 heterocycles. The molecule has 0 bridgehead atoms. The van der Waals surface area contributed by atoms with Gasteiger partial charge in [0.15, 0.2) is 0 Å². The van der Waals surface area contributed by atoms with Crippen LogP contribution in [0.15, 0.2) is 212 Å². The molecule has 0 atom stereocenters. The van der Waals surface area contributed by atoms with Crippen molar-refractivity contribution in [3.63, 3.8) is 0 Å². The molecule has 7 aromatic rings. The van der Waals surface area contributed by atoms with Crippen molar-refractivity contribution < 1.29 is 13.7 Å². The molecule has 0 N–H and O–H groups in total. The van der Waals surface area contributed by atoms with Gasteiger partial charge in [-0.3, -0.25) is 0 Å². The minimum absolute atomic E-state index is 0.877. The molecule has 4 heteroatoms. The van der Waals surface area contributed by atoms with Gasteiger partial charge in [0.25, 0.3) is 0 Å². The zero-order valence-corrected chi connectivity index (χ0v) is 30.0. The Bertz CT molecular complexity index is 1390. The molecule has 0 amide bonds. The molecule has 0 saturated heterocycles. The topological polar surface area (TPSA) is 0 Å². The Morgan fingerprint density at radius 3 is 0.587 bits per heavy atom. The Morgan fingerprint density at radius 2 is 0.457 bits per heavy atom. The number of hydrogen-bond donors (Lipinski definition) is 0. The molecule has 0 nitrogen and oxygen atoms in total. The second-order valence-corrected chi connectivity index (χ2v) is 15.0. The Morgan fingerprint density at radius 1 is 0.283 bits per heavy atom. The maximum atomic E-state index is 3.69. The van der Waals surface area contributed by atoms with Crippen molar-refractivity contribution in [1.82, 2.24) is 0 Å². The van der Waals surface area contributed by atoms with Crippen LogP contribution in [0.1, 0.15) is 0 Å². The Kier molecular flexibility index (Phi) is 16.3. The predicted octanol–water partition coefficient (Wildman–Crippen LogP) is 8.68. The summed E-state index contributed by atoms with van der Waals surface area (Å²) in [5, 5.41) is 8.61. The van der Waals surface area contributed by atoms with Crippen LogP contribution in [0.2, 0.25) is 0 Å².